The van der Waals surface area contributed by atoms with Gasteiger partial charge in [0, 0.05) is 42.5 Å². The number of carbonyl (C=O) groups is 4. The number of rotatable bonds is 10. The zero-order chi connectivity index (χ0) is 36.0. The fourth-order valence-corrected chi connectivity index (χ4v) is 6.79. The highest BCUT2D eigenvalue weighted by molar-refractivity contribution is 6.23. The van der Waals surface area contributed by atoms with Crippen LogP contribution in [0.1, 0.15) is 71.4 Å². The van der Waals surface area contributed by atoms with Gasteiger partial charge in [0.15, 0.2) is 11.6 Å². The summed E-state index contributed by atoms with van der Waals surface area (Å²) >= 11 is 0. The summed E-state index contributed by atoms with van der Waals surface area (Å²) in [5.41, 5.74) is 3.20. The van der Waals surface area contributed by atoms with Crippen molar-refractivity contribution in [3.8, 4) is 23.1 Å². The molecular weight excluding hydrogens is 664 g/mol. The van der Waals surface area contributed by atoms with Gasteiger partial charge in [-0.1, -0.05) is 38.1 Å². The summed E-state index contributed by atoms with van der Waals surface area (Å²) in [6.45, 7) is 4.35. The van der Waals surface area contributed by atoms with Crippen LogP contribution < -0.4 is 20.1 Å². The first-order chi connectivity index (χ1) is 25.1. The van der Waals surface area contributed by atoms with Gasteiger partial charge in [0.1, 0.15) is 23.6 Å². The maximum absolute atomic E-state index is 13.2. The second-order valence-electron chi connectivity index (χ2n) is 13.6. The van der Waals surface area contributed by atoms with Crippen LogP contribution >= 0.6 is 0 Å². The van der Waals surface area contributed by atoms with Gasteiger partial charge in [-0.05, 0) is 60.0 Å². The number of hydrogen-bond acceptors (Lipinski definition) is 11. The van der Waals surface area contributed by atoms with Gasteiger partial charge in [0.25, 0.3) is 11.8 Å². The fourth-order valence-electron chi connectivity index (χ4n) is 6.79. The number of amides is 4. The molecule has 3 aromatic carbocycles. The Labute approximate surface area is 298 Å². The third-order valence-electron chi connectivity index (χ3n) is 9.84. The van der Waals surface area contributed by atoms with E-state index in [0.717, 1.165) is 34.6 Å². The summed E-state index contributed by atoms with van der Waals surface area (Å²) < 4.78 is 12.3. The van der Waals surface area contributed by atoms with Gasteiger partial charge in [-0.3, -0.25) is 29.4 Å². The topological polar surface area (TPSA) is 171 Å². The minimum atomic E-state index is -0.989. The molecule has 5 aromatic rings. The second kappa shape index (κ2) is 13.0. The average Bonchev–Trinajstić information content (AvgIpc) is 3.75. The van der Waals surface area contributed by atoms with Crippen LogP contribution in [-0.2, 0) is 15.0 Å². The Hall–Kier alpha value is -6.44. The van der Waals surface area contributed by atoms with E-state index in [1.807, 2.05) is 24.3 Å². The Bertz CT molecular complexity index is 2180. The van der Waals surface area contributed by atoms with Crippen molar-refractivity contribution in [3.05, 3.63) is 114 Å². The highest BCUT2D eigenvalue weighted by Crippen LogP contribution is 2.36. The summed E-state index contributed by atoms with van der Waals surface area (Å²) in [5.74, 6) is 0.364. The van der Waals surface area contributed by atoms with E-state index in [9.17, 15) is 19.2 Å². The molecule has 2 fully saturated rings. The van der Waals surface area contributed by atoms with Gasteiger partial charge < -0.3 is 14.8 Å². The molecular formula is C38H34N8O6. The van der Waals surface area contributed by atoms with Gasteiger partial charge in [-0.15, -0.1) is 9.90 Å². The van der Waals surface area contributed by atoms with Crippen LogP contribution in [0.25, 0.3) is 5.82 Å². The first kappa shape index (κ1) is 32.7. The zero-order valence-electron chi connectivity index (χ0n) is 28.4. The van der Waals surface area contributed by atoms with Gasteiger partial charge in [0.05, 0.1) is 29.7 Å². The molecule has 0 radical (unpaired) electrons. The average molecular weight is 699 g/mol. The Morgan fingerprint density at radius 2 is 1.48 bits per heavy atom. The quantitative estimate of drug-likeness (QED) is 0.196. The van der Waals surface area contributed by atoms with Gasteiger partial charge in [-0.25, -0.2) is 0 Å². The lowest BCUT2D eigenvalue weighted by atomic mass is 9.78. The Morgan fingerprint density at radius 3 is 2.17 bits per heavy atom. The third-order valence-corrected chi connectivity index (χ3v) is 9.84. The number of anilines is 1. The molecule has 4 heterocycles. The van der Waals surface area contributed by atoms with Crippen molar-refractivity contribution in [2.75, 3.05) is 5.32 Å². The number of aromatic nitrogens is 5. The Kier molecular flexibility index (Phi) is 8.20. The lowest BCUT2D eigenvalue weighted by molar-refractivity contribution is -0.136. The lowest BCUT2D eigenvalue weighted by Crippen LogP contribution is -2.54. The van der Waals surface area contributed by atoms with Crippen molar-refractivity contribution < 1.29 is 28.7 Å². The first-order valence-corrected chi connectivity index (χ1v) is 17.0. The molecule has 14 heteroatoms. The molecule has 4 amide bonds. The second-order valence-corrected chi connectivity index (χ2v) is 13.6. The maximum atomic E-state index is 13.2. The van der Waals surface area contributed by atoms with Gasteiger partial charge in [-0.2, -0.15) is 15.3 Å². The normalized spacial score (nSPS) is 19.9. The van der Waals surface area contributed by atoms with E-state index in [1.54, 1.807) is 36.7 Å². The van der Waals surface area contributed by atoms with E-state index in [-0.39, 0.29) is 41.5 Å². The number of fused-ring (bicyclic) bond motifs is 1. The highest BCUT2D eigenvalue weighted by Gasteiger charge is 2.45. The molecule has 262 valence electrons. The van der Waals surface area contributed by atoms with E-state index in [4.69, 9.17) is 9.47 Å². The van der Waals surface area contributed by atoms with Crippen molar-refractivity contribution in [1.29, 1.82) is 0 Å². The minimum Gasteiger partial charge on any atom is -0.490 e. The molecule has 1 saturated carbocycles. The predicted octanol–water partition coefficient (Wildman–Crippen LogP) is 4.60. The Morgan fingerprint density at radius 1 is 0.808 bits per heavy atom. The number of benzene rings is 3. The molecule has 1 aliphatic carbocycles. The summed E-state index contributed by atoms with van der Waals surface area (Å²) in [7, 11) is 0. The summed E-state index contributed by atoms with van der Waals surface area (Å²) in [4.78, 5) is 52.4. The monoisotopic (exact) mass is 698 g/mol. The largest absolute Gasteiger partial charge is 0.490 e. The number of carbonyl (C=O) groups excluding carboxylic acids is 4. The molecule has 0 spiro atoms. The summed E-state index contributed by atoms with van der Waals surface area (Å²) in [6.07, 6.45) is 6.45. The number of ether oxygens (including phenoxy) is 2. The Balaban J connectivity index is 0.840. The van der Waals surface area contributed by atoms with Crippen LogP contribution in [0.15, 0.2) is 91.4 Å². The number of imide groups is 2. The molecule has 2 aliphatic heterocycles. The first-order valence-electron chi connectivity index (χ1n) is 17.0. The van der Waals surface area contributed by atoms with Crippen molar-refractivity contribution in [3.63, 3.8) is 0 Å². The van der Waals surface area contributed by atoms with E-state index in [0.29, 0.717) is 23.0 Å². The van der Waals surface area contributed by atoms with Crippen molar-refractivity contribution in [2.45, 2.75) is 63.1 Å². The maximum Gasteiger partial charge on any atom is 0.262 e. The molecule has 1 atom stereocenters. The number of hydrogen-bond donors (Lipinski definition) is 2. The van der Waals surface area contributed by atoms with Gasteiger partial charge >= 0.3 is 0 Å². The van der Waals surface area contributed by atoms with Crippen LogP contribution in [0, 0.1) is 0 Å². The van der Waals surface area contributed by atoms with Crippen LogP contribution in [0.2, 0.25) is 0 Å². The van der Waals surface area contributed by atoms with Crippen molar-refractivity contribution in [1.82, 2.24) is 35.4 Å². The van der Waals surface area contributed by atoms with Crippen LogP contribution in [0.4, 0.5) is 5.69 Å². The molecule has 1 saturated heterocycles. The molecule has 1 unspecified atom stereocenters. The minimum absolute atomic E-state index is 0.0343. The molecule has 8 rings (SSSR count). The molecule has 2 N–H and O–H groups in total. The third kappa shape index (κ3) is 6.23. The lowest BCUT2D eigenvalue weighted by Gasteiger charge is -2.36. The van der Waals surface area contributed by atoms with Gasteiger partial charge in [0.2, 0.25) is 11.8 Å². The molecule has 2 aromatic heterocycles. The van der Waals surface area contributed by atoms with E-state index in [1.165, 1.54) is 11.0 Å². The molecule has 0 bridgehead atoms. The number of piperidine rings is 1. The number of nitrogens with one attached hydrogen (secondary N) is 2. The summed E-state index contributed by atoms with van der Waals surface area (Å²) in [6, 6.07) is 22.0. The molecule has 3 aliphatic rings. The highest BCUT2D eigenvalue weighted by atomic mass is 16.5. The predicted molar refractivity (Wildman–Crippen MR) is 186 cm³/mol. The van der Waals surface area contributed by atoms with Crippen LogP contribution in [0.3, 0.4) is 0 Å². The van der Waals surface area contributed by atoms with Crippen LogP contribution in [0.5, 0.6) is 17.2 Å². The van der Waals surface area contributed by atoms with E-state index in [2.05, 4.69) is 69.1 Å². The van der Waals surface area contributed by atoms with Crippen LogP contribution in [-0.4, -0.2) is 71.9 Å². The molecule has 14 nitrogen and oxygen atoms in total. The fraction of sp³-hybridized carbons (Fsp3) is 0.263. The molecule has 52 heavy (non-hydrogen) atoms. The van der Waals surface area contributed by atoms with Crippen molar-refractivity contribution >= 4 is 29.3 Å². The smallest absolute Gasteiger partial charge is 0.262 e. The van der Waals surface area contributed by atoms with Crippen molar-refractivity contribution in [2.24, 2.45) is 0 Å². The van der Waals surface area contributed by atoms with E-state index >= 15 is 0 Å². The zero-order valence-corrected chi connectivity index (χ0v) is 28.4. The van der Waals surface area contributed by atoms with E-state index < -0.39 is 29.7 Å². The standard InChI is InChI=1S/C38H34N8O6/c1-38(2,23-5-10-27(11-6-23)52-29-20-33(44-39-21-29)46-40-15-16-41-46)22-3-8-26(9-4-22)51-28-17-25(18-28)42-24-7-12-30-31(19-24)37(50)45(36(30)49)32-13-14-34(47)43-35(32)48/h3-12,15-16,19-21,25,28,32,42H,13-14,17-18H2,1-2H3,(H,43,47,48). The summed E-state index contributed by atoms with van der Waals surface area (Å²) in [5, 5.41) is 21.8. The number of nitrogens with zero attached hydrogens (tertiary/aromatic N) is 6. The SMILES string of the molecule is CC(C)(c1ccc(Oc2cnnc(-n3nccn3)c2)cc1)c1ccc(OC2CC(Nc3ccc4c(c3)C(=O)N(C3CCC(=O)NC3=O)C4=O)C2)cc1.